The summed E-state index contributed by atoms with van der Waals surface area (Å²) in [6.07, 6.45) is 0. The molecule has 0 atom stereocenters. The Morgan fingerprint density at radius 3 is 2.45 bits per heavy atom. The molecule has 0 heterocycles. The number of anilines is 1. The maximum Gasteiger partial charge on any atom is 0.263 e. The molecule has 0 aromatic heterocycles. The van der Waals surface area contributed by atoms with Crippen molar-refractivity contribution in [3.8, 4) is 0 Å². The van der Waals surface area contributed by atoms with Crippen LogP contribution in [0.25, 0.3) is 10.8 Å². The fraction of sp³-hybridized carbons (Fsp3) is 0.0588. The summed E-state index contributed by atoms with van der Waals surface area (Å²) in [5, 5.41) is 2.03. The quantitative estimate of drug-likeness (QED) is 0.762. The Labute approximate surface area is 134 Å². The van der Waals surface area contributed by atoms with Gasteiger partial charge in [-0.25, -0.2) is 8.42 Å². The van der Waals surface area contributed by atoms with Crippen LogP contribution >= 0.6 is 11.6 Å². The molecule has 0 aliphatic rings. The summed E-state index contributed by atoms with van der Waals surface area (Å²) in [5.74, 6) is 0. The number of hydrogen-bond donors (Lipinski definition) is 1. The zero-order valence-electron chi connectivity index (χ0n) is 11.9. The Bertz CT molecular complexity index is 947. The molecule has 1 N–H and O–H groups in total. The SMILES string of the molecule is Cc1ccc(S(=O)(=O)Nc2cccc3ccccc23)c(Cl)c1. The molecule has 112 valence electrons. The molecule has 22 heavy (non-hydrogen) atoms. The van der Waals surface area contributed by atoms with Crippen LogP contribution < -0.4 is 4.72 Å². The van der Waals surface area contributed by atoms with Crippen molar-refractivity contribution in [2.75, 3.05) is 4.72 Å². The molecular formula is C17H14ClNO2S. The van der Waals surface area contributed by atoms with Crippen molar-refractivity contribution >= 4 is 38.1 Å². The molecule has 0 amide bonds. The first-order chi connectivity index (χ1) is 10.5. The standard InChI is InChI=1S/C17H14ClNO2S/c1-12-9-10-17(15(18)11-12)22(20,21)19-16-8-4-6-13-5-2-3-7-14(13)16/h2-11,19H,1H3. The molecule has 3 aromatic rings. The predicted octanol–water partition coefficient (Wildman–Crippen LogP) is 4.60. The molecule has 0 bridgehead atoms. The van der Waals surface area contributed by atoms with Gasteiger partial charge in [-0.1, -0.05) is 54.1 Å². The van der Waals surface area contributed by atoms with E-state index in [1.54, 1.807) is 18.2 Å². The maximum absolute atomic E-state index is 12.6. The number of rotatable bonds is 3. The summed E-state index contributed by atoms with van der Waals surface area (Å²) < 4.78 is 27.8. The van der Waals surface area contributed by atoms with Crippen molar-refractivity contribution in [2.45, 2.75) is 11.8 Å². The van der Waals surface area contributed by atoms with Gasteiger partial charge in [0.05, 0.1) is 10.7 Å². The lowest BCUT2D eigenvalue weighted by molar-refractivity contribution is 0.601. The second kappa shape index (κ2) is 5.63. The third-order valence-corrected chi connectivity index (χ3v) is 5.26. The lowest BCUT2D eigenvalue weighted by atomic mass is 10.1. The van der Waals surface area contributed by atoms with E-state index in [0.717, 1.165) is 16.3 Å². The predicted molar refractivity (Wildman–Crippen MR) is 90.9 cm³/mol. The van der Waals surface area contributed by atoms with Crippen molar-refractivity contribution in [3.05, 3.63) is 71.2 Å². The van der Waals surface area contributed by atoms with Crippen LogP contribution in [0.5, 0.6) is 0 Å². The number of hydrogen-bond acceptors (Lipinski definition) is 2. The topological polar surface area (TPSA) is 46.2 Å². The number of nitrogens with one attached hydrogen (secondary N) is 1. The number of aryl methyl sites for hydroxylation is 1. The van der Waals surface area contributed by atoms with Gasteiger partial charge in [0, 0.05) is 5.39 Å². The van der Waals surface area contributed by atoms with E-state index in [0.29, 0.717) is 5.69 Å². The van der Waals surface area contributed by atoms with Crippen molar-refractivity contribution in [1.82, 2.24) is 0 Å². The highest BCUT2D eigenvalue weighted by Gasteiger charge is 2.18. The number of fused-ring (bicyclic) bond motifs is 1. The molecule has 0 saturated carbocycles. The van der Waals surface area contributed by atoms with E-state index >= 15 is 0 Å². The van der Waals surface area contributed by atoms with Gasteiger partial charge < -0.3 is 0 Å². The fourth-order valence-corrected chi connectivity index (χ4v) is 4.02. The lowest BCUT2D eigenvalue weighted by Gasteiger charge is -2.12. The summed E-state index contributed by atoms with van der Waals surface area (Å²) in [6.45, 7) is 1.86. The lowest BCUT2D eigenvalue weighted by Crippen LogP contribution is -2.13. The molecule has 0 saturated heterocycles. The van der Waals surface area contributed by atoms with Crippen molar-refractivity contribution < 1.29 is 8.42 Å². The van der Waals surface area contributed by atoms with E-state index in [9.17, 15) is 8.42 Å². The van der Waals surface area contributed by atoms with Crippen LogP contribution in [0.1, 0.15) is 5.56 Å². The minimum atomic E-state index is -3.73. The van der Waals surface area contributed by atoms with Gasteiger partial charge in [-0.05, 0) is 36.1 Å². The highest BCUT2D eigenvalue weighted by molar-refractivity contribution is 7.92. The fourth-order valence-electron chi connectivity index (χ4n) is 2.34. The maximum atomic E-state index is 12.6. The molecular weight excluding hydrogens is 318 g/mol. The molecule has 0 unspecified atom stereocenters. The van der Waals surface area contributed by atoms with Crippen molar-refractivity contribution in [1.29, 1.82) is 0 Å². The third-order valence-electron chi connectivity index (χ3n) is 3.41. The smallest absolute Gasteiger partial charge is 0.263 e. The van der Waals surface area contributed by atoms with E-state index in [1.165, 1.54) is 6.07 Å². The summed E-state index contributed by atoms with van der Waals surface area (Å²) in [7, 11) is -3.73. The summed E-state index contributed by atoms with van der Waals surface area (Å²) in [6, 6.07) is 18.0. The summed E-state index contributed by atoms with van der Waals surface area (Å²) in [4.78, 5) is 0.0766. The number of benzene rings is 3. The van der Waals surface area contributed by atoms with Gasteiger partial charge in [0.2, 0.25) is 0 Å². The third kappa shape index (κ3) is 2.80. The van der Waals surface area contributed by atoms with Crippen LogP contribution in [-0.2, 0) is 10.0 Å². The van der Waals surface area contributed by atoms with Gasteiger partial charge in [-0.2, -0.15) is 0 Å². The van der Waals surface area contributed by atoms with E-state index in [2.05, 4.69) is 4.72 Å². The number of halogens is 1. The molecule has 0 aliphatic carbocycles. The Morgan fingerprint density at radius 1 is 0.955 bits per heavy atom. The molecule has 3 nitrogen and oxygen atoms in total. The second-order valence-electron chi connectivity index (χ2n) is 5.07. The van der Waals surface area contributed by atoms with E-state index in [4.69, 9.17) is 11.6 Å². The molecule has 3 aromatic carbocycles. The molecule has 0 radical (unpaired) electrons. The van der Waals surface area contributed by atoms with Gasteiger partial charge in [-0.3, -0.25) is 4.72 Å². The van der Waals surface area contributed by atoms with Gasteiger partial charge in [-0.15, -0.1) is 0 Å². The first kappa shape index (κ1) is 14.9. The number of sulfonamides is 1. The van der Waals surface area contributed by atoms with Crippen LogP contribution in [0, 0.1) is 6.92 Å². The van der Waals surface area contributed by atoms with Crippen molar-refractivity contribution in [2.24, 2.45) is 0 Å². The average molecular weight is 332 g/mol. The first-order valence-corrected chi connectivity index (χ1v) is 8.60. The van der Waals surface area contributed by atoms with Gasteiger partial charge >= 0.3 is 0 Å². The van der Waals surface area contributed by atoms with Gasteiger partial charge in [0.25, 0.3) is 10.0 Å². The van der Waals surface area contributed by atoms with E-state index in [1.807, 2.05) is 43.3 Å². The Balaban J connectivity index is 2.07. The van der Waals surface area contributed by atoms with Gasteiger partial charge in [0.1, 0.15) is 4.90 Å². The first-order valence-electron chi connectivity index (χ1n) is 6.74. The van der Waals surface area contributed by atoms with E-state index < -0.39 is 10.0 Å². The van der Waals surface area contributed by atoms with Crippen LogP contribution in [-0.4, -0.2) is 8.42 Å². The monoisotopic (exact) mass is 331 g/mol. The summed E-state index contributed by atoms with van der Waals surface area (Å²) >= 11 is 6.08. The highest BCUT2D eigenvalue weighted by atomic mass is 35.5. The van der Waals surface area contributed by atoms with Crippen LogP contribution in [0.3, 0.4) is 0 Å². The Hall–Kier alpha value is -2.04. The van der Waals surface area contributed by atoms with Crippen LogP contribution in [0.15, 0.2) is 65.6 Å². The largest absolute Gasteiger partial charge is 0.279 e. The average Bonchev–Trinajstić information content (AvgIpc) is 2.47. The minimum Gasteiger partial charge on any atom is -0.279 e. The molecule has 5 heteroatoms. The molecule has 3 rings (SSSR count). The second-order valence-corrected chi connectivity index (χ2v) is 7.12. The summed E-state index contributed by atoms with van der Waals surface area (Å²) in [5.41, 5.74) is 1.45. The van der Waals surface area contributed by atoms with E-state index in [-0.39, 0.29) is 9.92 Å². The zero-order chi connectivity index (χ0) is 15.7. The Morgan fingerprint density at radius 2 is 1.68 bits per heavy atom. The normalized spacial score (nSPS) is 11.5. The van der Waals surface area contributed by atoms with Gasteiger partial charge in [0.15, 0.2) is 0 Å². The Kier molecular flexibility index (Phi) is 3.81. The highest BCUT2D eigenvalue weighted by Crippen LogP contribution is 2.28. The zero-order valence-corrected chi connectivity index (χ0v) is 13.4. The van der Waals surface area contributed by atoms with Crippen molar-refractivity contribution in [3.63, 3.8) is 0 Å². The molecule has 0 spiro atoms. The van der Waals surface area contributed by atoms with Crippen LogP contribution in [0.4, 0.5) is 5.69 Å². The van der Waals surface area contributed by atoms with Crippen LogP contribution in [0.2, 0.25) is 5.02 Å². The molecule has 0 aliphatic heterocycles. The minimum absolute atomic E-state index is 0.0766. The molecule has 0 fully saturated rings.